The van der Waals surface area contributed by atoms with Crippen LogP contribution in [-0.4, -0.2) is 20.5 Å². The lowest BCUT2D eigenvalue weighted by atomic mass is 10.0. The van der Waals surface area contributed by atoms with Crippen molar-refractivity contribution in [2.75, 3.05) is 14.2 Å². The summed E-state index contributed by atoms with van der Waals surface area (Å²) < 4.78 is 10.1. The van der Waals surface area contributed by atoms with E-state index in [1.54, 1.807) is 20.3 Å². The Labute approximate surface area is 85.4 Å². The molecule has 14 heavy (non-hydrogen) atoms. The Morgan fingerprint density at radius 2 is 1.86 bits per heavy atom. The molecule has 1 rings (SSSR count). The molecule has 0 aliphatic heterocycles. The number of methoxy groups -OCH3 is 2. The minimum atomic E-state index is -0.0705. The van der Waals surface area contributed by atoms with Gasteiger partial charge in [0.1, 0.15) is 6.29 Å². The second-order valence-corrected chi connectivity index (χ2v) is 2.54. The van der Waals surface area contributed by atoms with Crippen molar-refractivity contribution in [3.8, 4) is 0 Å². The Hall–Kier alpha value is -1.25. The Bertz CT molecular complexity index is 229. The first kappa shape index (κ1) is 12.8. The molecule has 0 aromatic rings. The predicted molar refractivity (Wildman–Crippen MR) is 55.7 cm³/mol. The molecule has 0 N–H and O–H groups in total. The molecule has 0 saturated heterocycles. The second kappa shape index (κ2) is 7.18. The minimum absolute atomic E-state index is 0.0705. The normalized spacial score (nSPS) is 19.6. The first-order chi connectivity index (χ1) is 6.81. The standard InChI is InChI=1S/C9H12O3.C2H6/c1-11-8-4-3-7(6-10)5-9(8)12-2;1-2/h4-7H,3H2,1-2H3;1-2H3. The molecule has 0 amide bonds. The first-order valence-electron chi connectivity index (χ1n) is 4.77. The summed E-state index contributed by atoms with van der Waals surface area (Å²) in [6, 6.07) is 0. The molecule has 1 atom stereocenters. The van der Waals surface area contributed by atoms with Crippen LogP contribution in [0, 0.1) is 5.92 Å². The molecule has 0 aromatic heterocycles. The second-order valence-electron chi connectivity index (χ2n) is 2.54. The maximum Gasteiger partial charge on any atom is 0.157 e. The van der Waals surface area contributed by atoms with Crippen molar-refractivity contribution in [3.63, 3.8) is 0 Å². The minimum Gasteiger partial charge on any atom is -0.493 e. The first-order valence-corrected chi connectivity index (χ1v) is 4.77. The van der Waals surface area contributed by atoms with Crippen molar-refractivity contribution in [2.24, 2.45) is 5.92 Å². The number of hydrogen-bond donors (Lipinski definition) is 0. The molecule has 80 valence electrons. The lowest BCUT2D eigenvalue weighted by molar-refractivity contribution is -0.109. The van der Waals surface area contributed by atoms with Crippen LogP contribution in [-0.2, 0) is 14.3 Å². The third-order valence-electron chi connectivity index (χ3n) is 1.80. The molecule has 0 fully saturated rings. The van der Waals surface area contributed by atoms with Gasteiger partial charge in [0, 0.05) is 5.92 Å². The van der Waals surface area contributed by atoms with E-state index in [1.165, 1.54) is 0 Å². The van der Waals surface area contributed by atoms with Gasteiger partial charge in [0.25, 0.3) is 0 Å². The van der Waals surface area contributed by atoms with Gasteiger partial charge in [-0.25, -0.2) is 0 Å². The summed E-state index contributed by atoms with van der Waals surface area (Å²) in [7, 11) is 3.14. The monoisotopic (exact) mass is 198 g/mol. The van der Waals surface area contributed by atoms with Crippen molar-refractivity contribution in [2.45, 2.75) is 20.3 Å². The van der Waals surface area contributed by atoms with E-state index in [0.29, 0.717) is 17.9 Å². The third-order valence-corrected chi connectivity index (χ3v) is 1.80. The molecule has 1 aliphatic carbocycles. The van der Waals surface area contributed by atoms with Crippen LogP contribution in [0.1, 0.15) is 20.3 Å². The van der Waals surface area contributed by atoms with E-state index < -0.39 is 0 Å². The van der Waals surface area contributed by atoms with Crippen molar-refractivity contribution in [1.29, 1.82) is 0 Å². The number of ether oxygens (including phenoxy) is 2. The Morgan fingerprint density at radius 1 is 1.29 bits per heavy atom. The Morgan fingerprint density at radius 3 is 2.29 bits per heavy atom. The zero-order chi connectivity index (χ0) is 11.0. The smallest absolute Gasteiger partial charge is 0.157 e. The van der Waals surface area contributed by atoms with Gasteiger partial charge in [-0.3, -0.25) is 0 Å². The lowest BCUT2D eigenvalue weighted by Crippen LogP contribution is -2.07. The SMILES string of the molecule is CC.COC1=CCC(C=O)C=C1OC. The lowest BCUT2D eigenvalue weighted by Gasteiger charge is -2.16. The Kier molecular flexibility index (Phi) is 6.54. The van der Waals surface area contributed by atoms with Crippen LogP contribution in [0.3, 0.4) is 0 Å². The van der Waals surface area contributed by atoms with Gasteiger partial charge in [0.05, 0.1) is 14.2 Å². The topological polar surface area (TPSA) is 35.5 Å². The highest BCUT2D eigenvalue weighted by molar-refractivity contribution is 5.58. The molecule has 0 aromatic carbocycles. The van der Waals surface area contributed by atoms with Crippen molar-refractivity contribution >= 4 is 6.29 Å². The molecule has 1 aliphatic rings. The largest absolute Gasteiger partial charge is 0.493 e. The fraction of sp³-hybridized carbons (Fsp3) is 0.545. The van der Waals surface area contributed by atoms with E-state index in [1.807, 2.05) is 19.9 Å². The van der Waals surface area contributed by atoms with Crippen LogP contribution >= 0.6 is 0 Å². The van der Waals surface area contributed by atoms with Gasteiger partial charge in [-0.2, -0.15) is 0 Å². The highest BCUT2D eigenvalue weighted by Crippen LogP contribution is 2.22. The van der Waals surface area contributed by atoms with E-state index in [0.717, 1.165) is 6.29 Å². The molecular formula is C11H18O3. The number of carbonyl (C=O) groups is 1. The van der Waals surface area contributed by atoms with Gasteiger partial charge < -0.3 is 14.3 Å². The van der Waals surface area contributed by atoms with Crippen LogP contribution in [0.25, 0.3) is 0 Å². The zero-order valence-electron chi connectivity index (χ0n) is 9.24. The number of hydrogen-bond acceptors (Lipinski definition) is 3. The van der Waals surface area contributed by atoms with Gasteiger partial charge >= 0.3 is 0 Å². The van der Waals surface area contributed by atoms with Gasteiger partial charge in [-0.05, 0) is 18.6 Å². The highest BCUT2D eigenvalue weighted by Gasteiger charge is 2.15. The van der Waals surface area contributed by atoms with E-state index in [2.05, 4.69) is 0 Å². The summed E-state index contributed by atoms with van der Waals surface area (Å²) in [5.41, 5.74) is 0. The summed E-state index contributed by atoms with van der Waals surface area (Å²) >= 11 is 0. The van der Waals surface area contributed by atoms with Crippen molar-refractivity contribution < 1.29 is 14.3 Å². The number of allylic oxidation sites excluding steroid dienone is 2. The molecule has 0 saturated carbocycles. The van der Waals surface area contributed by atoms with Crippen LogP contribution in [0.5, 0.6) is 0 Å². The fourth-order valence-corrected chi connectivity index (χ4v) is 1.14. The van der Waals surface area contributed by atoms with Gasteiger partial charge in [-0.1, -0.05) is 13.8 Å². The summed E-state index contributed by atoms with van der Waals surface area (Å²) in [5.74, 6) is 1.27. The molecule has 0 spiro atoms. The zero-order valence-corrected chi connectivity index (χ0v) is 9.24. The Balaban J connectivity index is 0.000000791. The maximum atomic E-state index is 10.4. The van der Waals surface area contributed by atoms with E-state index in [-0.39, 0.29) is 5.92 Å². The predicted octanol–water partition coefficient (Wildman–Crippen LogP) is 2.29. The average molecular weight is 198 g/mol. The van der Waals surface area contributed by atoms with Gasteiger partial charge in [0.2, 0.25) is 0 Å². The average Bonchev–Trinajstić information content (AvgIpc) is 2.30. The molecule has 0 radical (unpaired) electrons. The summed E-state index contributed by atoms with van der Waals surface area (Å²) in [5, 5.41) is 0. The van der Waals surface area contributed by atoms with Gasteiger partial charge in [0.15, 0.2) is 11.5 Å². The molecular weight excluding hydrogens is 180 g/mol. The van der Waals surface area contributed by atoms with E-state index >= 15 is 0 Å². The molecule has 1 unspecified atom stereocenters. The quantitative estimate of drug-likeness (QED) is 0.653. The van der Waals surface area contributed by atoms with Crippen LogP contribution in [0.2, 0.25) is 0 Å². The van der Waals surface area contributed by atoms with Crippen molar-refractivity contribution in [1.82, 2.24) is 0 Å². The summed E-state index contributed by atoms with van der Waals surface area (Å²) in [6.07, 6.45) is 5.23. The number of rotatable bonds is 3. The molecule has 3 heteroatoms. The summed E-state index contributed by atoms with van der Waals surface area (Å²) in [6.45, 7) is 4.00. The fourth-order valence-electron chi connectivity index (χ4n) is 1.14. The molecule has 0 bridgehead atoms. The maximum absolute atomic E-state index is 10.4. The number of carbonyl (C=O) groups excluding carboxylic acids is 1. The van der Waals surface area contributed by atoms with Crippen LogP contribution < -0.4 is 0 Å². The van der Waals surface area contributed by atoms with Gasteiger partial charge in [-0.15, -0.1) is 0 Å². The van der Waals surface area contributed by atoms with Crippen molar-refractivity contribution in [3.05, 3.63) is 23.7 Å². The third kappa shape index (κ3) is 3.24. The highest BCUT2D eigenvalue weighted by atomic mass is 16.5. The van der Waals surface area contributed by atoms with Crippen LogP contribution in [0.15, 0.2) is 23.7 Å². The van der Waals surface area contributed by atoms with E-state index in [9.17, 15) is 4.79 Å². The molecule has 3 nitrogen and oxygen atoms in total. The molecule has 0 heterocycles. The van der Waals surface area contributed by atoms with Crippen LogP contribution in [0.4, 0.5) is 0 Å². The van der Waals surface area contributed by atoms with E-state index in [4.69, 9.17) is 9.47 Å². The summed E-state index contributed by atoms with van der Waals surface area (Å²) in [4.78, 5) is 10.4. The number of aldehydes is 1.